The van der Waals surface area contributed by atoms with Crippen molar-refractivity contribution in [2.24, 2.45) is 11.3 Å². The molecule has 0 N–H and O–H groups in total. The molecule has 2 aliphatic rings. The summed E-state index contributed by atoms with van der Waals surface area (Å²) in [6.07, 6.45) is 1.47. The van der Waals surface area contributed by atoms with Gasteiger partial charge in [0.05, 0.1) is 29.6 Å². The number of pyridine rings is 1. The molecule has 1 aromatic heterocycles. The number of rotatable bonds is 9. The second-order valence-electron chi connectivity index (χ2n) is 13.5. The second-order valence-corrected chi connectivity index (χ2v) is 13.5. The highest BCUT2D eigenvalue weighted by atomic mass is 19.4. The molecular weight excluding hydrogens is 581 g/mol. The lowest BCUT2D eigenvalue weighted by molar-refractivity contribution is -0.141. The Balaban J connectivity index is 1.49. The average molecular weight is 627 g/mol. The van der Waals surface area contributed by atoms with Crippen molar-refractivity contribution < 1.29 is 27.5 Å². The molecule has 2 amide bonds. The highest BCUT2D eigenvalue weighted by Crippen LogP contribution is 2.41. The topological polar surface area (TPSA) is 86.5 Å². The van der Waals surface area contributed by atoms with E-state index in [0.717, 1.165) is 24.5 Å². The number of para-hydroxylation sites is 1. The fourth-order valence-electron chi connectivity index (χ4n) is 6.75. The average Bonchev–Trinajstić information content (AvgIpc) is 3.02. The van der Waals surface area contributed by atoms with Gasteiger partial charge in [-0.2, -0.15) is 18.4 Å². The van der Waals surface area contributed by atoms with Crippen LogP contribution in [-0.4, -0.2) is 58.9 Å². The molecule has 45 heavy (non-hydrogen) atoms. The van der Waals surface area contributed by atoms with Crippen molar-refractivity contribution in [3.63, 3.8) is 0 Å². The highest BCUT2D eigenvalue weighted by Gasteiger charge is 2.45. The number of carbonyl (C=O) groups is 2. The Kier molecular flexibility index (Phi) is 10.8. The first kappa shape index (κ1) is 34.3. The molecule has 2 aliphatic heterocycles. The SMILES string of the molecule is CCC[C@@H]1C(C(=O)N2CCC(C#N)(c3ccccc3OCCCC(C)(C)C)CC2)CCCN1C(=O)c1ncccc1C(F)(F)F. The van der Waals surface area contributed by atoms with E-state index in [4.69, 9.17) is 4.74 Å². The smallest absolute Gasteiger partial charge is 0.418 e. The van der Waals surface area contributed by atoms with Gasteiger partial charge < -0.3 is 14.5 Å². The van der Waals surface area contributed by atoms with Gasteiger partial charge in [0.2, 0.25) is 5.91 Å². The third kappa shape index (κ3) is 7.98. The summed E-state index contributed by atoms with van der Waals surface area (Å²) in [5.74, 6) is -0.736. The van der Waals surface area contributed by atoms with Gasteiger partial charge in [0.1, 0.15) is 11.4 Å². The maximum Gasteiger partial charge on any atom is 0.418 e. The predicted molar refractivity (Wildman–Crippen MR) is 165 cm³/mol. The summed E-state index contributed by atoms with van der Waals surface area (Å²) in [6, 6.07) is 11.7. The van der Waals surface area contributed by atoms with E-state index in [1.54, 1.807) is 4.90 Å². The van der Waals surface area contributed by atoms with Crippen LogP contribution in [0.15, 0.2) is 42.6 Å². The van der Waals surface area contributed by atoms with Gasteiger partial charge in [-0.15, -0.1) is 0 Å². The standard InChI is InChI=1S/C35H45F3N4O3/c1-5-11-28-25(12-9-20-42(28)32(44)30-27(35(36,37)38)14-8-19-40-30)31(43)41-21-17-34(24-39,18-22-41)26-13-6-7-15-29(26)45-23-10-16-33(2,3)4/h6-8,13-15,19,25,28H,5,9-12,16-18,20-23H2,1-4H3/t25?,28-/m1/s1. The highest BCUT2D eigenvalue weighted by molar-refractivity contribution is 5.95. The monoisotopic (exact) mass is 626 g/mol. The van der Waals surface area contributed by atoms with E-state index in [-0.39, 0.29) is 17.9 Å². The fraction of sp³-hybridized carbons (Fsp3) is 0.600. The Morgan fingerprint density at radius 3 is 2.44 bits per heavy atom. The maximum absolute atomic E-state index is 14.0. The quantitative estimate of drug-likeness (QED) is 0.271. The van der Waals surface area contributed by atoms with Gasteiger partial charge in [0.25, 0.3) is 5.91 Å². The van der Waals surface area contributed by atoms with Crippen molar-refractivity contribution in [1.82, 2.24) is 14.8 Å². The Hall–Kier alpha value is -3.61. The van der Waals surface area contributed by atoms with Crippen molar-refractivity contribution in [1.29, 1.82) is 5.26 Å². The predicted octanol–water partition coefficient (Wildman–Crippen LogP) is 7.41. The van der Waals surface area contributed by atoms with Gasteiger partial charge in [-0.1, -0.05) is 52.3 Å². The minimum absolute atomic E-state index is 0.110. The molecule has 244 valence electrons. The molecule has 0 radical (unpaired) electrons. The number of amides is 2. The number of nitrogens with zero attached hydrogens (tertiary/aromatic N) is 4. The van der Waals surface area contributed by atoms with Crippen LogP contribution in [0.25, 0.3) is 0 Å². The van der Waals surface area contributed by atoms with Crippen LogP contribution in [0.4, 0.5) is 13.2 Å². The van der Waals surface area contributed by atoms with Crippen LogP contribution in [0, 0.1) is 22.7 Å². The zero-order chi connectivity index (χ0) is 32.8. The van der Waals surface area contributed by atoms with Crippen molar-refractivity contribution in [2.45, 2.75) is 96.7 Å². The van der Waals surface area contributed by atoms with Crippen molar-refractivity contribution in [2.75, 3.05) is 26.2 Å². The van der Waals surface area contributed by atoms with Crippen molar-refractivity contribution in [3.05, 3.63) is 59.4 Å². The molecule has 1 unspecified atom stereocenters. The molecule has 3 heterocycles. The minimum atomic E-state index is -4.72. The first-order valence-electron chi connectivity index (χ1n) is 16.1. The van der Waals surface area contributed by atoms with E-state index in [9.17, 15) is 28.0 Å². The number of likely N-dealkylation sites (tertiary alicyclic amines) is 2. The molecule has 7 nitrogen and oxygen atoms in total. The summed E-state index contributed by atoms with van der Waals surface area (Å²) in [5.41, 5.74) is -1.46. The molecular formula is C35H45F3N4O3. The van der Waals surface area contributed by atoms with Gasteiger partial charge >= 0.3 is 6.18 Å². The molecule has 0 spiro atoms. The van der Waals surface area contributed by atoms with Gasteiger partial charge in [-0.05, 0) is 68.6 Å². The Labute approximate surface area is 264 Å². The molecule has 0 saturated carbocycles. The number of carbonyl (C=O) groups excluding carboxylic acids is 2. The maximum atomic E-state index is 14.0. The Bertz CT molecular complexity index is 1370. The normalized spacial score (nSPS) is 20.4. The van der Waals surface area contributed by atoms with E-state index in [1.165, 1.54) is 17.2 Å². The van der Waals surface area contributed by atoms with Crippen LogP contribution < -0.4 is 4.74 Å². The molecule has 2 saturated heterocycles. The molecule has 2 atom stereocenters. The summed E-state index contributed by atoms with van der Waals surface area (Å²) in [6.45, 7) is 10.1. The van der Waals surface area contributed by atoms with Gasteiger partial charge in [-0.25, -0.2) is 0 Å². The van der Waals surface area contributed by atoms with E-state index < -0.39 is 40.7 Å². The van der Waals surface area contributed by atoms with Crippen LogP contribution >= 0.6 is 0 Å². The summed E-state index contributed by atoms with van der Waals surface area (Å²) < 4.78 is 47.4. The lowest BCUT2D eigenvalue weighted by atomic mass is 9.73. The molecule has 0 aliphatic carbocycles. The first-order chi connectivity index (χ1) is 21.3. The van der Waals surface area contributed by atoms with Crippen molar-refractivity contribution in [3.8, 4) is 11.8 Å². The summed E-state index contributed by atoms with van der Waals surface area (Å²) >= 11 is 0. The molecule has 4 rings (SSSR count). The van der Waals surface area contributed by atoms with E-state index >= 15 is 0 Å². The fourth-order valence-corrected chi connectivity index (χ4v) is 6.75. The Morgan fingerprint density at radius 1 is 1.09 bits per heavy atom. The second kappa shape index (κ2) is 14.2. The molecule has 2 fully saturated rings. The summed E-state index contributed by atoms with van der Waals surface area (Å²) in [7, 11) is 0. The number of alkyl halides is 3. The zero-order valence-electron chi connectivity index (χ0n) is 26.8. The third-order valence-electron chi connectivity index (χ3n) is 9.13. The molecule has 0 bridgehead atoms. The largest absolute Gasteiger partial charge is 0.493 e. The van der Waals surface area contributed by atoms with Crippen LogP contribution in [0.2, 0.25) is 0 Å². The molecule has 10 heteroatoms. The van der Waals surface area contributed by atoms with Crippen LogP contribution in [0.1, 0.15) is 101 Å². The van der Waals surface area contributed by atoms with Gasteiger partial charge in [-0.3, -0.25) is 14.6 Å². The summed E-state index contributed by atoms with van der Waals surface area (Å²) in [4.78, 5) is 34.6. The van der Waals surface area contributed by atoms with Crippen LogP contribution in [-0.2, 0) is 16.4 Å². The van der Waals surface area contributed by atoms with Crippen LogP contribution in [0.3, 0.4) is 0 Å². The van der Waals surface area contributed by atoms with Crippen LogP contribution in [0.5, 0.6) is 5.75 Å². The number of halogens is 3. The number of benzene rings is 1. The molecule has 1 aromatic carbocycles. The van der Waals surface area contributed by atoms with Gasteiger partial charge in [0, 0.05) is 37.4 Å². The number of nitriles is 1. The number of ether oxygens (including phenoxy) is 1. The number of hydrogen-bond donors (Lipinski definition) is 0. The van der Waals surface area contributed by atoms with E-state index in [2.05, 4.69) is 31.8 Å². The number of aromatic nitrogens is 1. The third-order valence-corrected chi connectivity index (χ3v) is 9.13. The van der Waals surface area contributed by atoms with Crippen molar-refractivity contribution >= 4 is 11.8 Å². The van der Waals surface area contributed by atoms with E-state index in [0.29, 0.717) is 64.0 Å². The minimum Gasteiger partial charge on any atom is -0.493 e. The van der Waals surface area contributed by atoms with E-state index in [1.807, 2.05) is 31.2 Å². The lowest BCUT2D eigenvalue weighted by Gasteiger charge is -2.44. The first-order valence-corrected chi connectivity index (χ1v) is 16.1. The van der Waals surface area contributed by atoms with Gasteiger partial charge in [0.15, 0.2) is 0 Å². The lowest BCUT2D eigenvalue weighted by Crippen LogP contribution is -2.55. The molecule has 2 aromatic rings. The number of hydrogen-bond acceptors (Lipinski definition) is 5. The zero-order valence-corrected chi connectivity index (χ0v) is 26.8. The summed E-state index contributed by atoms with van der Waals surface area (Å²) in [5, 5.41) is 10.4. The Morgan fingerprint density at radius 2 is 1.80 bits per heavy atom. The number of piperidine rings is 2.